The van der Waals surface area contributed by atoms with Crippen LogP contribution in [-0.2, 0) is 0 Å². The lowest BCUT2D eigenvalue weighted by Crippen LogP contribution is -2.15. The molecular formula is C16H26N2O2S. The minimum Gasteiger partial charge on any atom is -0.486 e. The van der Waals surface area contributed by atoms with Gasteiger partial charge >= 0.3 is 0 Å². The Bertz CT molecular complexity index is 519. The monoisotopic (exact) mass is 310 g/mol. The minimum absolute atomic E-state index is 0.00569. The molecule has 0 unspecified atom stereocenters. The number of anilines is 2. The van der Waals surface area contributed by atoms with E-state index in [9.17, 15) is 4.79 Å². The van der Waals surface area contributed by atoms with E-state index in [2.05, 4.69) is 12.2 Å². The van der Waals surface area contributed by atoms with E-state index in [1.54, 1.807) is 6.92 Å². The predicted octanol–water partition coefficient (Wildman–Crippen LogP) is 4.31. The standard InChI is InChI=1S/C16H26N2O2S/c1-5-6-16(7-8-16)9-18-15-13(20-10(2)3)12(17)14(21-15)11(4)19/h10,18H,5-9,17H2,1-4H3. The zero-order chi connectivity index (χ0) is 15.6. The van der Waals surface area contributed by atoms with Crippen molar-refractivity contribution in [1.29, 1.82) is 0 Å². The number of nitrogen functional groups attached to an aromatic ring is 1. The van der Waals surface area contributed by atoms with Gasteiger partial charge in [-0.3, -0.25) is 4.79 Å². The van der Waals surface area contributed by atoms with Gasteiger partial charge in [-0.25, -0.2) is 0 Å². The molecule has 5 heteroatoms. The third kappa shape index (κ3) is 3.70. The van der Waals surface area contributed by atoms with Crippen molar-refractivity contribution >= 4 is 27.8 Å². The van der Waals surface area contributed by atoms with Crippen molar-refractivity contribution in [1.82, 2.24) is 0 Å². The summed E-state index contributed by atoms with van der Waals surface area (Å²) in [5.41, 5.74) is 7.01. The molecule has 0 aliphatic heterocycles. The van der Waals surface area contributed by atoms with Gasteiger partial charge in [-0.05, 0) is 38.5 Å². The molecule has 1 aromatic rings. The summed E-state index contributed by atoms with van der Waals surface area (Å²) in [6, 6.07) is 0. The van der Waals surface area contributed by atoms with Crippen LogP contribution in [0.3, 0.4) is 0 Å². The number of rotatable bonds is 8. The van der Waals surface area contributed by atoms with Crippen molar-refractivity contribution in [2.24, 2.45) is 5.41 Å². The van der Waals surface area contributed by atoms with Crippen LogP contribution in [0.15, 0.2) is 0 Å². The molecule has 1 fully saturated rings. The van der Waals surface area contributed by atoms with Crippen LogP contribution < -0.4 is 15.8 Å². The average Bonchev–Trinajstić information content (AvgIpc) is 3.09. The third-order valence-corrected chi connectivity index (χ3v) is 5.18. The van der Waals surface area contributed by atoms with Crippen LogP contribution >= 0.6 is 11.3 Å². The Morgan fingerprint density at radius 2 is 2.14 bits per heavy atom. The van der Waals surface area contributed by atoms with E-state index in [0.29, 0.717) is 21.7 Å². The third-order valence-electron chi connectivity index (χ3n) is 3.93. The van der Waals surface area contributed by atoms with Crippen molar-refractivity contribution < 1.29 is 9.53 Å². The molecule has 0 saturated heterocycles. The van der Waals surface area contributed by atoms with Gasteiger partial charge in [-0.2, -0.15) is 0 Å². The van der Waals surface area contributed by atoms with Crippen LogP contribution in [0.2, 0.25) is 0 Å². The molecule has 1 saturated carbocycles. The summed E-state index contributed by atoms with van der Waals surface area (Å²) in [6.45, 7) is 8.64. The molecule has 21 heavy (non-hydrogen) atoms. The van der Waals surface area contributed by atoms with Crippen molar-refractivity contribution in [3.8, 4) is 5.75 Å². The highest BCUT2D eigenvalue weighted by Crippen LogP contribution is 2.51. The number of ketones is 1. The molecule has 0 bridgehead atoms. The van der Waals surface area contributed by atoms with E-state index < -0.39 is 0 Å². The lowest BCUT2D eigenvalue weighted by atomic mass is 10.0. The van der Waals surface area contributed by atoms with Gasteiger partial charge in [0.05, 0.1) is 16.7 Å². The number of hydrogen-bond acceptors (Lipinski definition) is 5. The maximum atomic E-state index is 11.7. The first-order valence-corrected chi connectivity index (χ1v) is 8.54. The first-order chi connectivity index (χ1) is 9.88. The Morgan fingerprint density at radius 1 is 1.48 bits per heavy atom. The molecular weight excluding hydrogens is 284 g/mol. The molecule has 3 N–H and O–H groups in total. The van der Waals surface area contributed by atoms with Crippen molar-refractivity contribution in [3.63, 3.8) is 0 Å². The van der Waals surface area contributed by atoms with E-state index in [0.717, 1.165) is 11.5 Å². The zero-order valence-electron chi connectivity index (χ0n) is 13.4. The van der Waals surface area contributed by atoms with Crippen molar-refractivity contribution in [3.05, 3.63) is 4.88 Å². The number of thiophene rings is 1. The maximum Gasteiger partial charge on any atom is 0.177 e. The molecule has 118 valence electrons. The smallest absolute Gasteiger partial charge is 0.177 e. The Balaban J connectivity index is 2.17. The summed E-state index contributed by atoms with van der Waals surface area (Å²) in [6.07, 6.45) is 5.07. The molecule has 0 radical (unpaired) electrons. The van der Waals surface area contributed by atoms with E-state index in [-0.39, 0.29) is 11.9 Å². The quantitative estimate of drug-likeness (QED) is 0.702. The molecule has 4 nitrogen and oxygen atoms in total. The molecule has 1 heterocycles. The number of carbonyl (C=O) groups is 1. The van der Waals surface area contributed by atoms with Crippen LogP contribution in [-0.4, -0.2) is 18.4 Å². The Labute approximate surface area is 131 Å². The second-order valence-corrected chi connectivity index (χ2v) is 7.35. The Hall–Kier alpha value is -1.23. The molecule has 0 spiro atoms. The number of nitrogens with one attached hydrogen (secondary N) is 1. The van der Waals surface area contributed by atoms with Gasteiger partial charge in [0.1, 0.15) is 5.00 Å². The molecule has 2 rings (SSSR count). The van der Waals surface area contributed by atoms with Crippen LogP contribution in [0.4, 0.5) is 10.7 Å². The minimum atomic E-state index is -0.00569. The van der Waals surface area contributed by atoms with Crippen molar-refractivity contribution in [2.75, 3.05) is 17.6 Å². The SMILES string of the molecule is CCCC1(CNc2sc(C(C)=O)c(N)c2OC(C)C)CC1. The van der Waals surface area contributed by atoms with Gasteiger partial charge in [-0.1, -0.05) is 13.3 Å². The highest BCUT2D eigenvalue weighted by molar-refractivity contribution is 7.19. The Morgan fingerprint density at radius 3 is 2.62 bits per heavy atom. The number of Topliss-reactive ketones (excluding diaryl/α,β-unsaturated/α-hetero) is 1. The van der Waals surface area contributed by atoms with Gasteiger partial charge in [0.15, 0.2) is 11.5 Å². The van der Waals surface area contributed by atoms with Crippen LogP contribution in [0.1, 0.15) is 63.0 Å². The van der Waals surface area contributed by atoms with Crippen LogP contribution in [0.25, 0.3) is 0 Å². The first-order valence-electron chi connectivity index (χ1n) is 7.72. The zero-order valence-corrected chi connectivity index (χ0v) is 14.2. The Kier molecular flexibility index (Phi) is 4.81. The summed E-state index contributed by atoms with van der Waals surface area (Å²) >= 11 is 1.41. The number of nitrogens with two attached hydrogens (primary N) is 1. The van der Waals surface area contributed by atoms with Crippen molar-refractivity contribution in [2.45, 2.75) is 59.5 Å². The molecule has 0 atom stereocenters. The lowest BCUT2D eigenvalue weighted by molar-refractivity contribution is 0.102. The number of hydrogen-bond donors (Lipinski definition) is 2. The fourth-order valence-electron chi connectivity index (χ4n) is 2.65. The number of carbonyl (C=O) groups excluding carboxylic acids is 1. The highest BCUT2D eigenvalue weighted by atomic mass is 32.1. The van der Waals surface area contributed by atoms with Gasteiger partial charge in [0, 0.05) is 13.5 Å². The second kappa shape index (κ2) is 6.26. The molecule has 1 aliphatic carbocycles. The largest absolute Gasteiger partial charge is 0.486 e. The highest BCUT2D eigenvalue weighted by Gasteiger charge is 2.41. The normalized spacial score (nSPS) is 16.0. The molecule has 0 amide bonds. The molecule has 1 aromatic heterocycles. The summed E-state index contributed by atoms with van der Waals surface area (Å²) in [5, 5.41) is 4.38. The van der Waals surface area contributed by atoms with Gasteiger partial charge < -0.3 is 15.8 Å². The van der Waals surface area contributed by atoms with Gasteiger partial charge in [0.25, 0.3) is 0 Å². The van der Waals surface area contributed by atoms with E-state index in [4.69, 9.17) is 10.5 Å². The second-order valence-electron chi connectivity index (χ2n) is 6.33. The maximum absolute atomic E-state index is 11.7. The fourth-order valence-corrected chi connectivity index (χ4v) is 3.60. The molecule has 0 aromatic carbocycles. The predicted molar refractivity (Wildman–Crippen MR) is 89.6 cm³/mol. The summed E-state index contributed by atoms with van der Waals surface area (Å²) in [7, 11) is 0. The lowest BCUT2D eigenvalue weighted by Gasteiger charge is -2.17. The summed E-state index contributed by atoms with van der Waals surface area (Å²) in [4.78, 5) is 12.3. The van der Waals surface area contributed by atoms with Gasteiger partial charge in [-0.15, -0.1) is 11.3 Å². The summed E-state index contributed by atoms with van der Waals surface area (Å²) < 4.78 is 5.82. The van der Waals surface area contributed by atoms with E-state index >= 15 is 0 Å². The van der Waals surface area contributed by atoms with Crippen LogP contribution in [0, 0.1) is 5.41 Å². The summed E-state index contributed by atoms with van der Waals surface area (Å²) in [5.74, 6) is 0.640. The molecule has 1 aliphatic rings. The number of ether oxygens (including phenoxy) is 1. The fraction of sp³-hybridized carbons (Fsp3) is 0.688. The first kappa shape index (κ1) is 16.1. The van der Waals surface area contributed by atoms with Crippen LogP contribution in [0.5, 0.6) is 5.75 Å². The van der Waals surface area contributed by atoms with E-state index in [1.165, 1.54) is 37.0 Å². The van der Waals surface area contributed by atoms with Gasteiger partial charge in [0.2, 0.25) is 0 Å². The topological polar surface area (TPSA) is 64.4 Å². The van der Waals surface area contributed by atoms with E-state index in [1.807, 2.05) is 13.8 Å². The average molecular weight is 310 g/mol.